The first kappa shape index (κ1) is 23.3. The molecule has 8 heteroatoms. The number of halogens is 1. The van der Waals surface area contributed by atoms with E-state index >= 15 is 0 Å². The fourth-order valence-corrected chi connectivity index (χ4v) is 5.08. The van der Waals surface area contributed by atoms with E-state index in [1.54, 1.807) is 12.3 Å². The van der Waals surface area contributed by atoms with E-state index in [4.69, 9.17) is 17.0 Å². The van der Waals surface area contributed by atoms with Gasteiger partial charge in [-0.15, -0.1) is 0 Å². The van der Waals surface area contributed by atoms with Crippen LogP contribution in [0.15, 0.2) is 89.7 Å². The van der Waals surface area contributed by atoms with Crippen LogP contribution in [0.5, 0.6) is 0 Å². The number of anilines is 1. The number of thiocarbonyl (C=S) groups is 1. The van der Waals surface area contributed by atoms with Crippen LogP contribution in [-0.2, 0) is 4.74 Å². The highest BCUT2D eigenvalue weighted by Crippen LogP contribution is 2.42. The number of esters is 1. The quantitative estimate of drug-likeness (QED) is 0.248. The Morgan fingerprint density at radius 3 is 2.66 bits per heavy atom. The van der Waals surface area contributed by atoms with E-state index in [0.717, 1.165) is 32.8 Å². The molecular formula is C27H23BrN4O2S. The number of carbonyl (C=O) groups excluding carboxylic acids is 1. The summed E-state index contributed by atoms with van der Waals surface area (Å²) >= 11 is 9.47. The van der Waals surface area contributed by atoms with Crippen LogP contribution in [0.25, 0.3) is 5.69 Å². The van der Waals surface area contributed by atoms with Crippen molar-refractivity contribution in [1.82, 2.24) is 14.9 Å². The first-order chi connectivity index (χ1) is 17.0. The Balaban J connectivity index is 1.66. The molecule has 0 unspecified atom stereocenters. The molecule has 0 amide bonds. The van der Waals surface area contributed by atoms with Crippen LogP contribution in [0.3, 0.4) is 0 Å². The maximum absolute atomic E-state index is 12.2. The van der Waals surface area contributed by atoms with E-state index in [-0.39, 0.29) is 18.1 Å². The van der Waals surface area contributed by atoms with Crippen molar-refractivity contribution in [3.05, 3.63) is 112 Å². The van der Waals surface area contributed by atoms with Crippen LogP contribution in [0.4, 0.5) is 5.69 Å². The number of methoxy groups -OCH3 is 1. The second-order valence-corrected chi connectivity index (χ2v) is 9.52. The van der Waals surface area contributed by atoms with Crippen molar-refractivity contribution in [3.63, 3.8) is 0 Å². The van der Waals surface area contributed by atoms with E-state index in [2.05, 4.69) is 60.8 Å². The lowest BCUT2D eigenvalue weighted by Gasteiger charge is -2.29. The average Bonchev–Trinajstić information content (AvgIpc) is 3.50. The highest BCUT2D eigenvalue weighted by atomic mass is 79.9. The van der Waals surface area contributed by atoms with Gasteiger partial charge in [0.25, 0.3) is 0 Å². The van der Waals surface area contributed by atoms with E-state index in [9.17, 15) is 4.79 Å². The van der Waals surface area contributed by atoms with Gasteiger partial charge in [0.2, 0.25) is 0 Å². The van der Waals surface area contributed by atoms with Crippen LogP contribution in [-0.4, -0.2) is 27.7 Å². The van der Waals surface area contributed by atoms with Gasteiger partial charge in [-0.1, -0.05) is 28.1 Å². The average molecular weight is 547 g/mol. The molecule has 1 aliphatic rings. The van der Waals surface area contributed by atoms with Gasteiger partial charge >= 0.3 is 5.97 Å². The molecule has 35 heavy (non-hydrogen) atoms. The molecule has 176 valence electrons. The van der Waals surface area contributed by atoms with E-state index < -0.39 is 0 Å². The van der Waals surface area contributed by atoms with E-state index in [1.807, 2.05) is 54.7 Å². The smallest absolute Gasteiger partial charge is 0.337 e. The first-order valence-corrected chi connectivity index (χ1v) is 12.3. The largest absolute Gasteiger partial charge is 0.465 e. The van der Waals surface area contributed by atoms with Gasteiger partial charge in [-0.3, -0.25) is 4.98 Å². The Labute approximate surface area is 217 Å². The van der Waals surface area contributed by atoms with Crippen molar-refractivity contribution in [3.8, 4) is 5.69 Å². The number of carbonyl (C=O) groups is 1. The molecule has 0 spiro atoms. The van der Waals surface area contributed by atoms with E-state index in [0.29, 0.717) is 10.7 Å². The summed E-state index contributed by atoms with van der Waals surface area (Å²) in [7, 11) is 1.39. The summed E-state index contributed by atoms with van der Waals surface area (Å²) in [6.45, 7) is 2.06. The van der Waals surface area contributed by atoms with Gasteiger partial charge in [0.05, 0.1) is 24.4 Å². The Kier molecular flexibility index (Phi) is 6.40. The van der Waals surface area contributed by atoms with Crippen molar-refractivity contribution in [1.29, 1.82) is 0 Å². The number of rotatable bonds is 5. The van der Waals surface area contributed by atoms with Crippen LogP contribution >= 0.6 is 28.1 Å². The number of nitrogens with zero attached hydrogens (tertiary/aromatic N) is 3. The minimum absolute atomic E-state index is 0.176. The zero-order valence-electron chi connectivity index (χ0n) is 19.2. The predicted molar refractivity (Wildman–Crippen MR) is 144 cm³/mol. The minimum atomic E-state index is -0.373. The summed E-state index contributed by atoms with van der Waals surface area (Å²) in [6, 6.07) is 23.3. The number of nitrogens with one attached hydrogen (secondary N) is 1. The lowest BCUT2D eigenvalue weighted by atomic mass is 10.0. The Morgan fingerprint density at radius 1 is 1.06 bits per heavy atom. The molecule has 2 atom stereocenters. The van der Waals surface area contributed by atoms with Crippen molar-refractivity contribution in [2.75, 3.05) is 12.0 Å². The molecule has 4 aromatic rings. The lowest BCUT2D eigenvalue weighted by Crippen LogP contribution is -2.30. The Hall–Kier alpha value is -3.49. The van der Waals surface area contributed by atoms with Crippen LogP contribution < -0.4 is 10.2 Å². The van der Waals surface area contributed by atoms with Gasteiger partial charge in [0.15, 0.2) is 5.11 Å². The molecule has 1 fully saturated rings. The second kappa shape index (κ2) is 9.64. The number of pyridine rings is 1. The zero-order valence-corrected chi connectivity index (χ0v) is 21.6. The minimum Gasteiger partial charge on any atom is -0.465 e. The van der Waals surface area contributed by atoms with Gasteiger partial charge in [0.1, 0.15) is 6.04 Å². The molecule has 0 bridgehead atoms. The van der Waals surface area contributed by atoms with Crippen molar-refractivity contribution >= 4 is 44.9 Å². The number of aromatic nitrogens is 2. The van der Waals surface area contributed by atoms with E-state index in [1.165, 1.54) is 7.11 Å². The van der Waals surface area contributed by atoms with Crippen molar-refractivity contribution in [2.45, 2.75) is 19.0 Å². The van der Waals surface area contributed by atoms with Crippen molar-refractivity contribution in [2.24, 2.45) is 0 Å². The molecule has 0 radical (unpaired) electrons. The molecule has 0 saturated carbocycles. The van der Waals surface area contributed by atoms with Crippen molar-refractivity contribution < 1.29 is 9.53 Å². The summed E-state index contributed by atoms with van der Waals surface area (Å²) < 4.78 is 8.05. The number of benzene rings is 2. The highest BCUT2D eigenvalue weighted by Gasteiger charge is 2.42. The maximum Gasteiger partial charge on any atom is 0.337 e. The zero-order chi connectivity index (χ0) is 24.5. The van der Waals surface area contributed by atoms with Gasteiger partial charge in [0, 0.05) is 33.9 Å². The molecule has 2 aromatic heterocycles. The third-order valence-corrected chi connectivity index (χ3v) is 7.35. The molecule has 6 nitrogen and oxygen atoms in total. The molecule has 3 heterocycles. The summed E-state index contributed by atoms with van der Waals surface area (Å²) in [5.41, 5.74) is 5.36. The molecule has 1 saturated heterocycles. The number of hydrogen-bond donors (Lipinski definition) is 1. The molecule has 2 aromatic carbocycles. The SMILES string of the molecule is COC(=O)c1cccc(-n2cccc2[C@H]2[C@@H](c3ccccn3)NC(=S)N2c2ccc(Br)c(C)c2)c1. The van der Waals surface area contributed by atoms with Gasteiger partial charge < -0.3 is 19.5 Å². The Bertz CT molecular complexity index is 1410. The maximum atomic E-state index is 12.2. The molecular weight excluding hydrogens is 524 g/mol. The molecule has 1 aliphatic heterocycles. The topological polar surface area (TPSA) is 59.4 Å². The predicted octanol–water partition coefficient (Wildman–Crippen LogP) is 5.91. The lowest BCUT2D eigenvalue weighted by molar-refractivity contribution is 0.0600. The fraction of sp³-hybridized carbons (Fsp3) is 0.148. The summed E-state index contributed by atoms with van der Waals surface area (Å²) in [6.07, 6.45) is 3.79. The molecule has 0 aliphatic carbocycles. The standard InChI is InChI=1S/C27H23BrN4O2S/c1-17-15-20(11-12-21(17)28)32-25(24(30-27(32)35)22-9-3-4-13-29-22)23-10-6-14-31(23)19-8-5-7-18(16-19)26(33)34-2/h3-16,24-25H,1-2H3,(H,30,35)/t24-,25+/m1/s1. The van der Waals surface area contributed by atoms with Crippen LogP contribution in [0.1, 0.15) is 39.4 Å². The molecule has 5 rings (SSSR count). The van der Waals surface area contributed by atoms with Crippen LogP contribution in [0, 0.1) is 6.92 Å². The summed E-state index contributed by atoms with van der Waals surface area (Å²) in [5, 5.41) is 4.13. The highest BCUT2D eigenvalue weighted by molar-refractivity contribution is 9.10. The summed E-state index contributed by atoms with van der Waals surface area (Å²) in [5.74, 6) is -0.373. The Morgan fingerprint density at radius 2 is 1.91 bits per heavy atom. The third-order valence-electron chi connectivity index (χ3n) is 6.15. The molecule has 1 N–H and O–H groups in total. The summed E-state index contributed by atoms with van der Waals surface area (Å²) in [4.78, 5) is 19.0. The first-order valence-electron chi connectivity index (χ1n) is 11.1. The van der Waals surface area contributed by atoms with Crippen LogP contribution in [0.2, 0.25) is 0 Å². The van der Waals surface area contributed by atoms with Gasteiger partial charge in [-0.25, -0.2) is 4.79 Å². The fourth-order valence-electron chi connectivity index (χ4n) is 4.48. The number of ether oxygens (including phenoxy) is 1. The number of hydrogen-bond acceptors (Lipinski definition) is 4. The van der Waals surface area contributed by atoms with Gasteiger partial charge in [-0.05, 0) is 85.4 Å². The number of aryl methyl sites for hydroxylation is 1. The normalized spacial score (nSPS) is 17.3. The monoisotopic (exact) mass is 546 g/mol. The second-order valence-electron chi connectivity index (χ2n) is 8.28. The third kappa shape index (κ3) is 4.35. The van der Waals surface area contributed by atoms with Gasteiger partial charge in [-0.2, -0.15) is 0 Å².